The van der Waals surface area contributed by atoms with Gasteiger partial charge in [-0.25, -0.2) is 13.1 Å². The molecule has 2 N–H and O–H groups in total. The molecule has 0 amide bonds. The fourth-order valence-electron chi connectivity index (χ4n) is 1.25. The van der Waals surface area contributed by atoms with E-state index in [0.29, 0.717) is 12.1 Å². The highest BCUT2D eigenvalue weighted by Gasteiger charge is 2.16. The summed E-state index contributed by atoms with van der Waals surface area (Å²) < 4.78 is 26.2. The molecule has 1 rings (SSSR count). The Kier molecular flexibility index (Phi) is 5.27. The monoisotopic (exact) mass is 261 g/mol. The first-order chi connectivity index (χ1) is 7.61. The van der Waals surface area contributed by atoms with Crippen molar-refractivity contribution >= 4 is 21.8 Å². The third-order valence-electron chi connectivity index (χ3n) is 2.03. The van der Waals surface area contributed by atoms with Crippen molar-refractivity contribution in [3.63, 3.8) is 0 Å². The summed E-state index contributed by atoms with van der Waals surface area (Å²) in [4.78, 5) is 0.151. The first-order valence-corrected chi connectivity index (χ1v) is 7.67. The van der Waals surface area contributed by atoms with Crippen LogP contribution in [0.3, 0.4) is 0 Å². The summed E-state index contributed by atoms with van der Waals surface area (Å²) in [5, 5.41) is 9.06. The molecular weight excluding hydrogens is 246 g/mol. The van der Waals surface area contributed by atoms with Crippen LogP contribution in [0.15, 0.2) is 29.2 Å². The van der Waals surface area contributed by atoms with Gasteiger partial charge in [-0.3, -0.25) is 0 Å². The Morgan fingerprint density at radius 2 is 2.06 bits per heavy atom. The largest absolute Gasteiger partial charge is 0.392 e. The van der Waals surface area contributed by atoms with E-state index in [0.717, 1.165) is 5.75 Å². The lowest BCUT2D eigenvalue weighted by atomic mass is 10.2. The molecule has 0 heterocycles. The molecule has 1 aromatic carbocycles. The predicted molar refractivity (Wildman–Crippen MR) is 65.9 cm³/mol. The van der Waals surface area contributed by atoms with Gasteiger partial charge in [0.05, 0.1) is 11.5 Å². The molecule has 0 atom stereocenters. The van der Waals surface area contributed by atoms with Gasteiger partial charge in [0, 0.05) is 12.3 Å². The van der Waals surface area contributed by atoms with Crippen LogP contribution in [-0.2, 0) is 16.6 Å². The minimum absolute atomic E-state index is 0.151. The van der Waals surface area contributed by atoms with Crippen LogP contribution in [-0.4, -0.2) is 32.1 Å². The topological polar surface area (TPSA) is 66.4 Å². The van der Waals surface area contributed by atoms with Crippen LogP contribution in [0.25, 0.3) is 0 Å². The highest BCUT2D eigenvalue weighted by Crippen LogP contribution is 2.14. The molecule has 0 unspecified atom stereocenters. The number of nitrogens with one attached hydrogen (secondary N) is 1. The Morgan fingerprint density at radius 1 is 1.38 bits per heavy atom. The zero-order valence-electron chi connectivity index (χ0n) is 9.01. The molecular formula is C10H15NO3S2. The van der Waals surface area contributed by atoms with Crippen LogP contribution < -0.4 is 4.72 Å². The number of aliphatic hydroxyl groups excluding tert-OH is 1. The average molecular weight is 261 g/mol. The van der Waals surface area contributed by atoms with Crippen molar-refractivity contribution in [1.82, 2.24) is 4.72 Å². The lowest BCUT2D eigenvalue weighted by Crippen LogP contribution is -2.26. The standard InChI is InChI=1S/C10H15NO3S2/c1-15-7-6-11-16(13,14)10-5-3-2-4-9(10)8-12/h2-5,11-12H,6-8H2,1H3. The Bertz CT molecular complexity index is 431. The summed E-state index contributed by atoms with van der Waals surface area (Å²) in [5.74, 6) is 0.723. The van der Waals surface area contributed by atoms with Crippen molar-refractivity contribution in [2.45, 2.75) is 11.5 Å². The van der Waals surface area contributed by atoms with Gasteiger partial charge >= 0.3 is 0 Å². The van der Waals surface area contributed by atoms with Crippen LogP contribution in [0.5, 0.6) is 0 Å². The molecule has 6 heteroatoms. The van der Waals surface area contributed by atoms with Crippen molar-refractivity contribution in [2.75, 3.05) is 18.6 Å². The first kappa shape index (κ1) is 13.5. The van der Waals surface area contributed by atoms with E-state index in [1.165, 1.54) is 6.07 Å². The van der Waals surface area contributed by atoms with E-state index < -0.39 is 10.0 Å². The molecule has 0 radical (unpaired) electrons. The maximum Gasteiger partial charge on any atom is 0.240 e. The Labute approximate surface area is 100 Å². The van der Waals surface area contributed by atoms with Gasteiger partial charge in [0.2, 0.25) is 10.0 Å². The van der Waals surface area contributed by atoms with Gasteiger partial charge in [0.25, 0.3) is 0 Å². The number of hydrogen-bond donors (Lipinski definition) is 2. The maximum atomic E-state index is 11.9. The van der Waals surface area contributed by atoms with Crippen molar-refractivity contribution in [2.24, 2.45) is 0 Å². The van der Waals surface area contributed by atoms with Crippen LogP contribution in [0.2, 0.25) is 0 Å². The van der Waals surface area contributed by atoms with Gasteiger partial charge in [-0.15, -0.1) is 0 Å². The molecule has 0 spiro atoms. The van der Waals surface area contributed by atoms with E-state index in [4.69, 9.17) is 5.11 Å². The number of rotatable bonds is 6. The summed E-state index contributed by atoms with van der Waals surface area (Å²) in [6.07, 6.45) is 1.91. The summed E-state index contributed by atoms with van der Waals surface area (Å²) in [5.41, 5.74) is 0.416. The zero-order chi connectivity index (χ0) is 12.0. The smallest absolute Gasteiger partial charge is 0.240 e. The second-order valence-corrected chi connectivity index (χ2v) is 5.88. The van der Waals surface area contributed by atoms with E-state index in [1.54, 1.807) is 30.0 Å². The van der Waals surface area contributed by atoms with E-state index in [1.807, 2.05) is 6.26 Å². The molecule has 0 saturated heterocycles. The minimum Gasteiger partial charge on any atom is -0.392 e. The Hall–Kier alpha value is -0.560. The maximum absolute atomic E-state index is 11.9. The third kappa shape index (κ3) is 3.48. The predicted octanol–water partition coefficient (Wildman–Crippen LogP) is 0.820. The van der Waals surface area contributed by atoms with E-state index in [2.05, 4.69) is 4.72 Å². The second-order valence-electron chi connectivity index (χ2n) is 3.16. The lowest BCUT2D eigenvalue weighted by molar-refractivity contribution is 0.278. The molecule has 0 bridgehead atoms. The molecule has 90 valence electrons. The van der Waals surface area contributed by atoms with Gasteiger partial charge in [-0.1, -0.05) is 18.2 Å². The van der Waals surface area contributed by atoms with E-state index in [-0.39, 0.29) is 11.5 Å². The van der Waals surface area contributed by atoms with Crippen molar-refractivity contribution < 1.29 is 13.5 Å². The Morgan fingerprint density at radius 3 is 2.69 bits per heavy atom. The molecule has 0 aromatic heterocycles. The lowest BCUT2D eigenvalue weighted by Gasteiger charge is -2.09. The highest BCUT2D eigenvalue weighted by atomic mass is 32.2. The number of thioether (sulfide) groups is 1. The van der Waals surface area contributed by atoms with Gasteiger partial charge in [0.15, 0.2) is 0 Å². The molecule has 16 heavy (non-hydrogen) atoms. The summed E-state index contributed by atoms with van der Waals surface area (Å²) >= 11 is 1.57. The molecule has 0 aliphatic carbocycles. The third-order valence-corrected chi connectivity index (χ3v) is 4.20. The summed E-state index contributed by atoms with van der Waals surface area (Å²) in [6.45, 7) is 0.114. The summed E-state index contributed by atoms with van der Waals surface area (Å²) in [7, 11) is -3.50. The zero-order valence-corrected chi connectivity index (χ0v) is 10.6. The van der Waals surface area contributed by atoms with Crippen molar-refractivity contribution in [3.05, 3.63) is 29.8 Å². The van der Waals surface area contributed by atoms with Gasteiger partial charge in [-0.2, -0.15) is 11.8 Å². The average Bonchev–Trinajstić information content (AvgIpc) is 2.29. The molecule has 1 aromatic rings. The molecule has 0 fully saturated rings. The molecule has 0 aliphatic rings. The quantitative estimate of drug-likeness (QED) is 0.744. The number of aliphatic hydroxyl groups is 1. The van der Waals surface area contributed by atoms with Gasteiger partial charge in [0.1, 0.15) is 0 Å². The van der Waals surface area contributed by atoms with E-state index in [9.17, 15) is 8.42 Å². The number of hydrogen-bond acceptors (Lipinski definition) is 4. The molecule has 0 saturated carbocycles. The number of benzene rings is 1. The number of sulfonamides is 1. The van der Waals surface area contributed by atoms with Crippen molar-refractivity contribution in [1.29, 1.82) is 0 Å². The Balaban J connectivity index is 2.89. The summed E-state index contributed by atoms with van der Waals surface area (Å²) in [6, 6.07) is 6.44. The first-order valence-electron chi connectivity index (χ1n) is 4.79. The molecule has 4 nitrogen and oxygen atoms in total. The second kappa shape index (κ2) is 6.24. The van der Waals surface area contributed by atoms with Crippen LogP contribution in [0, 0.1) is 0 Å². The van der Waals surface area contributed by atoms with Crippen LogP contribution in [0.4, 0.5) is 0 Å². The van der Waals surface area contributed by atoms with Crippen LogP contribution in [0.1, 0.15) is 5.56 Å². The highest BCUT2D eigenvalue weighted by molar-refractivity contribution is 7.98. The fourth-order valence-corrected chi connectivity index (χ4v) is 2.95. The van der Waals surface area contributed by atoms with Gasteiger partial charge in [-0.05, 0) is 17.9 Å². The SMILES string of the molecule is CSCCNS(=O)(=O)c1ccccc1CO. The van der Waals surface area contributed by atoms with Crippen molar-refractivity contribution in [3.8, 4) is 0 Å². The fraction of sp³-hybridized carbons (Fsp3) is 0.400. The molecule has 0 aliphatic heterocycles. The minimum atomic E-state index is -3.50. The normalized spacial score (nSPS) is 11.6. The van der Waals surface area contributed by atoms with Crippen LogP contribution >= 0.6 is 11.8 Å². The van der Waals surface area contributed by atoms with E-state index >= 15 is 0 Å². The van der Waals surface area contributed by atoms with Gasteiger partial charge < -0.3 is 5.11 Å².